The van der Waals surface area contributed by atoms with Gasteiger partial charge in [0.15, 0.2) is 0 Å². The summed E-state index contributed by atoms with van der Waals surface area (Å²) in [6.45, 7) is 2.00. The first-order valence-electron chi connectivity index (χ1n) is 4.80. The minimum absolute atomic E-state index is 0.195. The van der Waals surface area contributed by atoms with Gasteiger partial charge in [-0.3, -0.25) is 0 Å². The highest BCUT2D eigenvalue weighted by molar-refractivity contribution is 6.31. The van der Waals surface area contributed by atoms with Crippen molar-refractivity contribution in [3.8, 4) is 0 Å². The molecule has 1 fully saturated rings. The van der Waals surface area contributed by atoms with Crippen LogP contribution >= 0.6 is 11.6 Å². The Kier molecular flexibility index (Phi) is 2.50. The normalized spacial score (nSPS) is 27.4. The van der Waals surface area contributed by atoms with Gasteiger partial charge in [0.2, 0.25) is 0 Å². The predicted molar refractivity (Wildman–Crippen MR) is 55.9 cm³/mol. The molecule has 0 bridgehead atoms. The van der Waals surface area contributed by atoms with Crippen LogP contribution in [0.5, 0.6) is 0 Å². The van der Waals surface area contributed by atoms with Gasteiger partial charge in [0.05, 0.1) is 0 Å². The van der Waals surface area contributed by atoms with Crippen LogP contribution in [0, 0.1) is 11.7 Å². The molecule has 1 aliphatic carbocycles. The van der Waals surface area contributed by atoms with Gasteiger partial charge in [-0.05, 0) is 42.9 Å². The molecule has 14 heavy (non-hydrogen) atoms. The lowest BCUT2D eigenvalue weighted by Crippen LogP contribution is -2.17. The summed E-state index contributed by atoms with van der Waals surface area (Å²) in [5.74, 6) is 0.665. The maximum atomic E-state index is 12.8. The number of halogens is 2. The summed E-state index contributed by atoms with van der Waals surface area (Å²) in [6, 6.07) is 4.79. The zero-order valence-electron chi connectivity index (χ0n) is 8.00. The molecule has 3 heteroatoms. The van der Waals surface area contributed by atoms with Gasteiger partial charge in [-0.25, -0.2) is 4.39 Å². The fraction of sp³-hybridized carbons (Fsp3) is 0.455. The van der Waals surface area contributed by atoms with Gasteiger partial charge in [0.25, 0.3) is 0 Å². The minimum Gasteiger partial charge on any atom is -0.328 e. The number of nitrogens with two attached hydrogens (primary N) is 1. The van der Waals surface area contributed by atoms with Crippen LogP contribution in [0.2, 0.25) is 5.02 Å². The van der Waals surface area contributed by atoms with Crippen molar-refractivity contribution in [3.05, 3.63) is 34.6 Å². The molecule has 0 radical (unpaired) electrons. The summed E-state index contributed by atoms with van der Waals surface area (Å²) in [4.78, 5) is 0. The van der Waals surface area contributed by atoms with Gasteiger partial charge in [-0.15, -0.1) is 0 Å². The van der Waals surface area contributed by atoms with Crippen molar-refractivity contribution < 1.29 is 4.39 Å². The molecule has 0 spiro atoms. The zero-order chi connectivity index (χ0) is 10.3. The molecule has 0 saturated heterocycles. The molecule has 0 amide bonds. The van der Waals surface area contributed by atoms with Crippen LogP contribution in [0.4, 0.5) is 4.39 Å². The largest absolute Gasteiger partial charge is 0.328 e. The summed E-state index contributed by atoms with van der Waals surface area (Å²) < 4.78 is 12.8. The lowest BCUT2D eigenvalue weighted by atomic mass is 10.1. The van der Waals surface area contributed by atoms with Crippen molar-refractivity contribution in [2.75, 3.05) is 0 Å². The first kappa shape index (κ1) is 9.94. The van der Waals surface area contributed by atoms with Crippen LogP contribution in [0.15, 0.2) is 18.2 Å². The molecule has 0 aromatic heterocycles. The summed E-state index contributed by atoms with van der Waals surface area (Å²) in [5.41, 5.74) is 6.83. The van der Waals surface area contributed by atoms with Crippen molar-refractivity contribution in [3.63, 3.8) is 0 Å². The predicted octanol–water partition coefficient (Wildman–Crippen LogP) is 2.93. The van der Waals surface area contributed by atoms with E-state index in [-0.39, 0.29) is 11.9 Å². The topological polar surface area (TPSA) is 26.0 Å². The van der Waals surface area contributed by atoms with Crippen molar-refractivity contribution in [2.24, 2.45) is 11.7 Å². The van der Waals surface area contributed by atoms with Crippen LogP contribution in [0.1, 0.15) is 24.8 Å². The Labute approximate surface area is 88.1 Å². The van der Waals surface area contributed by atoms with Gasteiger partial charge in [0.1, 0.15) is 5.82 Å². The number of benzene rings is 1. The van der Waals surface area contributed by atoms with E-state index in [4.69, 9.17) is 17.3 Å². The second kappa shape index (κ2) is 3.52. The molecule has 76 valence electrons. The smallest absolute Gasteiger partial charge is 0.124 e. The van der Waals surface area contributed by atoms with E-state index >= 15 is 0 Å². The molecule has 1 aromatic carbocycles. The van der Waals surface area contributed by atoms with E-state index in [9.17, 15) is 4.39 Å². The second-order valence-corrected chi connectivity index (χ2v) is 4.44. The molecular formula is C11H13ClFN. The zero-order valence-corrected chi connectivity index (χ0v) is 8.76. The maximum absolute atomic E-state index is 12.8. The fourth-order valence-electron chi connectivity index (χ4n) is 1.96. The average Bonchev–Trinajstić information content (AvgIpc) is 2.83. The lowest BCUT2D eigenvalue weighted by Gasteiger charge is -2.05. The fourth-order valence-corrected chi connectivity index (χ4v) is 2.26. The Hall–Kier alpha value is -0.600. The van der Waals surface area contributed by atoms with E-state index in [2.05, 4.69) is 0 Å². The van der Waals surface area contributed by atoms with Crippen molar-refractivity contribution in [2.45, 2.75) is 25.3 Å². The van der Waals surface area contributed by atoms with Gasteiger partial charge in [-0.1, -0.05) is 17.7 Å². The van der Waals surface area contributed by atoms with E-state index in [1.807, 2.05) is 6.92 Å². The monoisotopic (exact) mass is 213 g/mol. The molecule has 0 aliphatic heterocycles. The van der Waals surface area contributed by atoms with Crippen LogP contribution in [-0.2, 0) is 0 Å². The highest BCUT2D eigenvalue weighted by Gasteiger charge is 2.41. The molecule has 3 unspecified atom stereocenters. The molecule has 3 atom stereocenters. The molecule has 1 aromatic rings. The van der Waals surface area contributed by atoms with Gasteiger partial charge >= 0.3 is 0 Å². The van der Waals surface area contributed by atoms with Crippen molar-refractivity contribution >= 4 is 11.6 Å². The first-order chi connectivity index (χ1) is 6.59. The Morgan fingerprint density at radius 2 is 2.29 bits per heavy atom. The molecule has 2 rings (SSSR count). The third kappa shape index (κ3) is 1.77. The summed E-state index contributed by atoms with van der Waals surface area (Å²) in [6.07, 6.45) is 1.07. The molecule has 1 aliphatic rings. The Balaban J connectivity index is 2.19. The standard InChI is InChI=1S/C11H13ClFN/c1-6(14)9-5-10(9)8-3-2-7(13)4-11(8)12/h2-4,6,9-10H,5,14H2,1H3. The molecular weight excluding hydrogens is 201 g/mol. The van der Waals surface area contributed by atoms with E-state index in [0.717, 1.165) is 12.0 Å². The Morgan fingerprint density at radius 3 is 2.79 bits per heavy atom. The number of hydrogen-bond acceptors (Lipinski definition) is 1. The quantitative estimate of drug-likeness (QED) is 0.803. The molecule has 2 N–H and O–H groups in total. The van der Waals surface area contributed by atoms with Crippen LogP contribution < -0.4 is 5.73 Å². The summed E-state index contributed by atoms with van der Waals surface area (Å²) >= 11 is 5.95. The third-order valence-electron chi connectivity index (χ3n) is 2.88. The van der Waals surface area contributed by atoms with E-state index in [1.54, 1.807) is 6.07 Å². The number of hydrogen-bond donors (Lipinski definition) is 1. The third-order valence-corrected chi connectivity index (χ3v) is 3.20. The van der Waals surface area contributed by atoms with Gasteiger partial charge < -0.3 is 5.73 Å². The van der Waals surface area contributed by atoms with E-state index < -0.39 is 0 Å². The summed E-state index contributed by atoms with van der Waals surface area (Å²) in [7, 11) is 0. The number of rotatable bonds is 2. The maximum Gasteiger partial charge on any atom is 0.124 e. The average molecular weight is 214 g/mol. The van der Waals surface area contributed by atoms with Crippen molar-refractivity contribution in [1.29, 1.82) is 0 Å². The highest BCUT2D eigenvalue weighted by Crippen LogP contribution is 2.50. The SMILES string of the molecule is CC(N)C1CC1c1ccc(F)cc1Cl. The highest BCUT2D eigenvalue weighted by atomic mass is 35.5. The Bertz CT molecular complexity index is 351. The second-order valence-electron chi connectivity index (χ2n) is 4.03. The van der Waals surface area contributed by atoms with Crippen LogP contribution in [0.3, 0.4) is 0 Å². The first-order valence-corrected chi connectivity index (χ1v) is 5.18. The molecule has 0 heterocycles. The summed E-state index contributed by atoms with van der Waals surface area (Å²) in [5, 5.41) is 0.526. The minimum atomic E-state index is -0.281. The van der Waals surface area contributed by atoms with E-state index in [0.29, 0.717) is 16.9 Å². The van der Waals surface area contributed by atoms with Gasteiger partial charge in [-0.2, -0.15) is 0 Å². The lowest BCUT2D eigenvalue weighted by molar-refractivity contribution is 0.622. The Morgan fingerprint density at radius 1 is 1.57 bits per heavy atom. The van der Waals surface area contributed by atoms with Crippen molar-refractivity contribution in [1.82, 2.24) is 0 Å². The molecule has 1 saturated carbocycles. The van der Waals surface area contributed by atoms with Gasteiger partial charge in [0, 0.05) is 11.1 Å². The molecule has 1 nitrogen and oxygen atoms in total. The van der Waals surface area contributed by atoms with E-state index in [1.165, 1.54) is 12.1 Å². The van der Waals surface area contributed by atoms with Crippen LogP contribution in [-0.4, -0.2) is 6.04 Å². The van der Waals surface area contributed by atoms with Crippen LogP contribution in [0.25, 0.3) is 0 Å².